The second-order valence-electron chi connectivity index (χ2n) is 7.13. The van der Waals surface area contributed by atoms with Crippen molar-refractivity contribution in [1.29, 1.82) is 0 Å². The lowest BCUT2D eigenvalue weighted by atomic mass is 10.1. The molecule has 1 N–H and O–H groups in total. The van der Waals surface area contributed by atoms with Gasteiger partial charge in [0, 0.05) is 50.9 Å². The predicted molar refractivity (Wildman–Crippen MR) is 112 cm³/mol. The number of carbonyl (C=O) groups is 2. The average Bonchev–Trinajstić information content (AvgIpc) is 3.24. The minimum Gasteiger partial charge on any atom is -0.493 e. The monoisotopic (exact) mass is 432 g/mol. The molecule has 10 nitrogen and oxygen atoms in total. The largest absolute Gasteiger partial charge is 0.493 e. The number of methoxy groups -OCH3 is 3. The van der Waals surface area contributed by atoms with Gasteiger partial charge in [-0.05, 0) is 19.1 Å². The number of nitrogens with zero attached hydrogens (tertiary/aromatic N) is 3. The third kappa shape index (κ3) is 5.26. The lowest BCUT2D eigenvalue weighted by Crippen LogP contribution is -2.50. The Bertz CT molecular complexity index is 895. The van der Waals surface area contributed by atoms with Crippen molar-refractivity contribution in [3.8, 4) is 17.2 Å². The Hall–Kier alpha value is -3.27. The number of benzene rings is 1. The molecule has 1 aliphatic heterocycles. The van der Waals surface area contributed by atoms with Crippen LogP contribution in [-0.4, -0.2) is 87.4 Å². The van der Waals surface area contributed by atoms with Gasteiger partial charge >= 0.3 is 0 Å². The standard InChI is InChI=1S/C21H28N4O6/c1-14-11-16(23-31-14)21(27)25-9-7-24(8-10-25)6-5-22-20(26)15-12-17(28-2)19(30-4)18(13-15)29-3/h11-13H,5-10H2,1-4H3,(H,22,26). The average molecular weight is 432 g/mol. The first-order valence-corrected chi connectivity index (χ1v) is 10.00. The highest BCUT2D eigenvalue weighted by atomic mass is 16.5. The van der Waals surface area contributed by atoms with E-state index in [1.54, 1.807) is 30.0 Å². The summed E-state index contributed by atoms with van der Waals surface area (Å²) in [5.74, 6) is 1.56. The number of aromatic nitrogens is 1. The van der Waals surface area contributed by atoms with E-state index in [4.69, 9.17) is 18.7 Å². The molecule has 2 heterocycles. The third-order valence-corrected chi connectivity index (χ3v) is 5.15. The molecule has 0 saturated carbocycles. The van der Waals surface area contributed by atoms with E-state index in [9.17, 15) is 9.59 Å². The van der Waals surface area contributed by atoms with Crippen LogP contribution >= 0.6 is 0 Å². The van der Waals surface area contributed by atoms with Gasteiger partial charge < -0.3 is 29.0 Å². The zero-order valence-corrected chi connectivity index (χ0v) is 18.3. The van der Waals surface area contributed by atoms with Crippen LogP contribution in [0, 0.1) is 6.92 Å². The number of rotatable bonds is 8. The van der Waals surface area contributed by atoms with Crippen molar-refractivity contribution < 1.29 is 28.3 Å². The summed E-state index contributed by atoms with van der Waals surface area (Å²) in [7, 11) is 4.53. The number of piperazine rings is 1. The molecule has 168 valence electrons. The number of hydrogen-bond donors (Lipinski definition) is 1. The number of amides is 2. The van der Waals surface area contributed by atoms with Crippen LogP contribution in [0.15, 0.2) is 22.7 Å². The van der Waals surface area contributed by atoms with Crippen molar-refractivity contribution in [3.05, 3.63) is 35.2 Å². The summed E-state index contributed by atoms with van der Waals surface area (Å²) in [5, 5.41) is 6.70. The summed E-state index contributed by atoms with van der Waals surface area (Å²) < 4.78 is 20.9. The van der Waals surface area contributed by atoms with Crippen LogP contribution in [0.4, 0.5) is 0 Å². The molecular formula is C21H28N4O6. The highest BCUT2D eigenvalue weighted by molar-refractivity contribution is 5.95. The Morgan fingerprint density at radius 3 is 2.19 bits per heavy atom. The molecule has 0 radical (unpaired) electrons. The van der Waals surface area contributed by atoms with E-state index >= 15 is 0 Å². The van der Waals surface area contributed by atoms with Crippen molar-refractivity contribution in [3.63, 3.8) is 0 Å². The molecule has 1 aliphatic rings. The molecule has 1 saturated heterocycles. The van der Waals surface area contributed by atoms with Crippen LogP contribution < -0.4 is 19.5 Å². The van der Waals surface area contributed by atoms with E-state index in [1.807, 2.05) is 0 Å². The molecule has 2 amide bonds. The van der Waals surface area contributed by atoms with Gasteiger partial charge in [-0.2, -0.15) is 0 Å². The van der Waals surface area contributed by atoms with E-state index in [1.165, 1.54) is 21.3 Å². The normalized spacial score (nSPS) is 14.3. The van der Waals surface area contributed by atoms with Gasteiger partial charge in [0.05, 0.1) is 21.3 Å². The van der Waals surface area contributed by atoms with Crippen molar-refractivity contribution in [1.82, 2.24) is 20.3 Å². The Balaban J connectivity index is 1.48. The first kappa shape index (κ1) is 22.4. The maximum absolute atomic E-state index is 12.6. The zero-order chi connectivity index (χ0) is 22.4. The first-order chi connectivity index (χ1) is 15.0. The highest BCUT2D eigenvalue weighted by Crippen LogP contribution is 2.38. The van der Waals surface area contributed by atoms with Gasteiger partial charge in [-0.25, -0.2) is 0 Å². The molecule has 0 aliphatic carbocycles. The van der Waals surface area contributed by atoms with Crippen LogP contribution in [0.25, 0.3) is 0 Å². The molecular weight excluding hydrogens is 404 g/mol. The number of nitrogens with one attached hydrogen (secondary N) is 1. The Morgan fingerprint density at radius 2 is 1.68 bits per heavy atom. The van der Waals surface area contributed by atoms with Crippen LogP contribution in [0.3, 0.4) is 0 Å². The van der Waals surface area contributed by atoms with E-state index in [2.05, 4.69) is 15.4 Å². The quantitative estimate of drug-likeness (QED) is 0.663. The topological polar surface area (TPSA) is 106 Å². The first-order valence-electron chi connectivity index (χ1n) is 10.00. The number of carbonyl (C=O) groups excluding carboxylic acids is 2. The maximum atomic E-state index is 12.6. The molecule has 0 atom stereocenters. The van der Waals surface area contributed by atoms with Gasteiger partial charge in [-0.1, -0.05) is 5.16 Å². The second-order valence-corrected chi connectivity index (χ2v) is 7.13. The molecule has 0 spiro atoms. The maximum Gasteiger partial charge on any atom is 0.276 e. The third-order valence-electron chi connectivity index (χ3n) is 5.15. The minimum absolute atomic E-state index is 0.118. The molecule has 1 aromatic carbocycles. The van der Waals surface area contributed by atoms with E-state index in [-0.39, 0.29) is 11.8 Å². The Labute approximate surface area is 181 Å². The molecule has 0 bridgehead atoms. The second kappa shape index (κ2) is 10.2. The summed E-state index contributed by atoms with van der Waals surface area (Å²) in [6.07, 6.45) is 0. The lowest BCUT2D eigenvalue weighted by Gasteiger charge is -2.34. The fraction of sp³-hybridized carbons (Fsp3) is 0.476. The van der Waals surface area contributed by atoms with Gasteiger partial charge in [-0.15, -0.1) is 0 Å². The smallest absolute Gasteiger partial charge is 0.276 e. The fourth-order valence-electron chi connectivity index (χ4n) is 3.45. The highest BCUT2D eigenvalue weighted by Gasteiger charge is 2.24. The van der Waals surface area contributed by atoms with Crippen molar-refractivity contribution in [2.45, 2.75) is 6.92 Å². The summed E-state index contributed by atoms with van der Waals surface area (Å²) in [6, 6.07) is 4.88. The summed E-state index contributed by atoms with van der Waals surface area (Å²) in [6.45, 7) is 5.57. The van der Waals surface area contributed by atoms with Crippen molar-refractivity contribution >= 4 is 11.8 Å². The lowest BCUT2D eigenvalue weighted by molar-refractivity contribution is 0.0628. The van der Waals surface area contributed by atoms with Gasteiger partial charge in [0.1, 0.15) is 5.76 Å². The van der Waals surface area contributed by atoms with E-state index in [0.717, 1.165) is 13.1 Å². The van der Waals surface area contributed by atoms with Gasteiger partial charge in [-0.3, -0.25) is 14.5 Å². The van der Waals surface area contributed by atoms with Crippen molar-refractivity contribution in [2.24, 2.45) is 0 Å². The Morgan fingerprint density at radius 1 is 1.03 bits per heavy atom. The SMILES string of the molecule is COc1cc(C(=O)NCCN2CCN(C(=O)c3cc(C)on3)CC2)cc(OC)c1OC. The molecule has 1 fully saturated rings. The summed E-state index contributed by atoms with van der Waals surface area (Å²) in [4.78, 5) is 29.0. The molecule has 31 heavy (non-hydrogen) atoms. The van der Waals surface area contributed by atoms with Crippen molar-refractivity contribution in [2.75, 3.05) is 60.6 Å². The molecule has 1 aromatic heterocycles. The van der Waals surface area contributed by atoms with Crippen LogP contribution in [0.5, 0.6) is 17.2 Å². The van der Waals surface area contributed by atoms with Gasteiger partial charge in [0.25, 0.3) is 11.8 Å². The predicted octanol–water partition coefficient (Wildman–Crippen LogP) is 1.20. The molecule has 0 unspecified atom stereocenters. The molecule has 10 heteroatoms. The number of aryl methyl sites for hydroxylation is 1. The van der Waals surface area contributed by atoms with E-state index < -0.39 is 0 Å². The number of hydrogen-bond acceptors (Lipinski definition) is 8. The summed E-state index contributed by atoms with van der Waals surface area (Å²) >= 11 is 0. The summed E-state index contributed by atoms with van der Waals surface area (Å²) in [5.41, 5.74) is 0.761. The fourth-order valence-corrected chi connectivity index (χ4v) is 3.45. The van der Waals surface area contributed by atoms with Gasteiger partial charge in [0.15, 0.2) is 17.2 Å². The Kier molecular flexibility index (Phi) is 7.35. The van der Waals surface area contributed by atoms with E-state index in [0.29, 0.717) is 60.4 Å². The van der Waals surface area contributed by atoms with Gasteiger partial charge in [0.2, 0.25) is 5.75 Å². The van der Waals surface area contributed by atoms with Crippen LogP contribution in [0.1, 0.15) is 26.6 Å². The molecule has 3 rings (SSSR count). The minimum atomic E-state index is -0.227. The molecule has 2 aromatic rings. The zero-order valence-electron chi connectivity index (χ0n) is 18.3. The van der Waals surface area contributed by atoms with Crippen LogP contribution in [-0.2, 0) is 0 Å². The van der Waals surface area contributed by atoms with Crippen LogP contribution in [0.2, 0.25) is 0 Å². The number of ether oxygens (including phenoxy) is 3.